The van der Waals surface area contributed by atoms with Crippen molar-refractivity contribution in [1.82, 2.24) is 0 Å². The average molecular weight is 288 g/mol. The summed E-state index contributed by atoms with van der Waals surface area (Å²) < 4.78 is 0. The number of carbonyl (C=O) groups excluding carboxylic acids is 1. The highest BCUT2D eigenvalue weighted by molar-refractivity contribution is 5.94. The summed E-state index contributed by atoms with van der Waals surface area (Å²) in [7, 11) is 0. The van der Waals surface area contributed by atoms with Crippen LogP contribution in [0, 0.1) is 5.41 Å². The molecule has 0 radical (unpaired) electrons. The van der Waals surface area contributed by atoms with Crippen molar-refractivity contribution in [2.45, 2.75) is 59.0 Å². The molecule has 2 heteroatoms. The molecule has 0 bridgehead atoms. The second-order valence-corrected chi connectivity index (χ2v) is 6.15. The number of aliphatic hydroxyl groups excluding tert-OH is 1. The maximum atomic E-state index is 12.3. The van der Waals surface area contributed by atoms with Crippen LogP contribution in [-0.4, -0.2) is 10.9 Å². The van der Waals surface area contributed by atoms with Crippen LogP contribution in [0.3, 0.4) is 0 Å². The number of aliphatic hydroxyl groups is 1. The van der Waals surface area contributed by atoms with Crippen molar-refractivity contribution in [3.8, 4) is 0 Å². The molecule has 0 saturated heterocycles. The predicted octanol–water partition coefficient (Wildman–Crippen LogP) is 4.84. The molecule has 0 saturated carbocycles. The summed E-state index contributed by atoms with van der Waals surface area (Å²) >= 11 is 0. The fourth-order valence-electron chi connectivity index (χ4n) is 2.28. The van der Waals surface area contributed by atoms with Crippen LogP contribution in [0.5, 0.6) is 0 Å². The fourth-order valence-corrected chi connectivity index (χ4v) is 2.28. The number of benzene rings is 1. The Morgan fingerprint density at radius 3 is 2.48 bits per heavy atom. The van der Waals surface area contributed by atoms with Gasteiger partial charge in [0.25, 0.3) is 0 Å². The third-order valence-corrected chi connectivity index (χ3v) is 3.93. The van der Waals surface area contributed by atoms with E-state index >= 15 is 0 Å². The normalized spacial score (nSPS) is 13.5. The molecule has 21 heavy (non-hydrogen) atoms. The van der Waals surface area contributed by atoms with Crippen LogP contribution < -0.4 is 0 Å². The first kappa shape index (κ1) is 17.6. The maximum absolute atomic E-state index is 12.3. The molecule has 0 aliphatic heterocycles. The zero-order valence-corrected chi connectivity index (χ0v) is 13.5. The van der Waals surface area contributed by atoms with Crippen LogP contribution in [0.4, 0.5) is 0 Å². The van der Waals surface area contributed by atoms with Crippen LogP contribution in [-0.2, 0) is 4.79 Å². The van der Waals surface area contributed by atoms with E-state index in [1.54, 1.807) is 19.9 Å². The van der Waals surface area contributed by atoms with Crippen LogP contribution in [0.15, 0.2) is 42.5 Å². The first-order chi connectivity index (χ1) is 10.00. The van der Waals surface area contributed by atoms with Gasteiger partial charge in [-0.25, -0.2) is 0 Å². The highest BCUT2D eigenvalue weighted by Gasteiger charge is 2.34. The number of carbonyl (C=O) groups is 1. The molecule has 1 rings (SSSR count). The lowest BCUT2D eigenvalue weighted by Crippen LogP contribution is -2.30. The van der Waals surface area contributed by atoms with E-state index < -0.39 is 11.5 Å². The Morgan fingerprint density at radius 1 is 1.19 bits per heavy atom. The Balaban J connectivity index is 2.56. The molecule has 1 unspecified atom stereocenters. The number of ketones is 1. The molecular formula is C19H28O2. The van der Waals surface area contributed by atoms with E-state index in [0.29, 0.717) is 0 Å². The Morgan fingerprint density at radius 2 is 1.86 bits per heavy atom. The Bertz CT molecular complexity index is 446. The van der Waals surface area contributed by atoms with Crippen LogP contribution in [0.25, 0.3) is 0 Å². The second-order valence-electron chi connectivity index (χ2n) is 6.15. The van der Waals surface area contributed by atoms with Gasteiger partial charge in [-0.3, -0.25) is 4.79 Å². The first-order valence-electron chi connectivity index (χ1n) is 7.94. The summed E-state index contributed by atoms with van der Waals surface area (Å²) in [5, 5.41) is 10.4. The van der Waals surface area contributed by atoms with Gasteiger partial charge in [0.2, 0.25) is 0 Å². The molecular weight excluding hydrogens is 260 g/mol. The number of hydrogen-bond acceptors (Lipinski definition) is 2. The van der Waals surface area contributed by atoms with Crippen molar-refractivity contribution in [1.29, 1.82) is 0 Å². The largest absolute Gasteiger partial charge is 0.387 e. The van der Waals surface area contributed by atoms with Gasteiger partial charge < -0.3 is 5.11 Å². The average Bonchev–Trinajstić information content (AvgIpc) is 2.50. The second kappa shape index (κ2) is 8.78. The quantitative estimate of drug-likeness (QED) is 0.521. The van der Waals surface area contributed by atoms with E-state index in [4.69, 9.17) is 0 Å². The minimum atomic E-state index is -0.804. The van der Waals surface area contributed by atoms with E-state index in [1.807, 2.05) is 36.4 Å². The van der Waals surface area contributed by atoms with Gasteiger partial charge in [0.1, 0.15) is 0 Å². The summed E-state index contributed by atoms with van der Waals surface area (Å²) in [5.41, 5.74) is -0.0199. The van der Waals surface area contributed by atoms with Gasteiger partial charge >= 0.3 is 0 Å². The Labute approximate surface area is 128 Å². The molecule has 0 aliphatic carbocycles. The standard InChI is InChI=1S/C19H28O2/c1-4-5-6-7-8-12-15-17(20)19(2,3)18(21)16-13-10-9-11-14-16/h9-15,18,21H,4-8H2,1-3H3. The molecule has 0 fully saturated rings. The van der Waals surface area contributed by atoms with Crippen molar-refractivity contribution >= 4 is 5.78 Å². The number of hydrogen-bond donors (Lipinski definition) is 1. The zero-order chi connectivity index (χ0) is 15.7. The lowest BCUT2D eigenvalue weighted by atomic mass is 9.78. The van der Waals surface area contributed by atoms with Crippen LogP contribution in [0.2, 0.25) is 0 Å². The molecule has 0 aliphatic rings. The Kier molecular flexibility index (Phi) is 7.38. The van der Waals surface area contributed by atoms with Gasteiger partial charge in [-0.2, -0.15) is 0 Å². The molecule has 1 atom stereocenters. The molecule has 0 heterocycles. The highest BCUT2D eigenvalue weighted by atomic mass is 16.3. The smallest absolute Gasteiger partial charge is 0.163 e. The first-order valence-corrected chi connectivity index (χ1v) is 7.94. The molecule has 1 N–H and O–H groups in total. The van der Waals surface area contributed by atoms with Crippen LogP contribution >= 0.6 is 0 Å². The topological polar surface area (TPSA) is 37.3 Å². The van der Waals surface area contributed by atoms with E-state index in [1.165, 1.54) is 19.3 Å². The van der Waals surface area contributed by atoms with E-state index in [-0.39, 0.29) is 5.78 Å². The van der Waals surface area contributed by atoms with Crippen molar-refractivity contribution in [3.05, 3.63) is 48.0 Å². The molecule has 1 aromatic carbocycles. The van der Waals surface area contributed by atoms with Crippen molar-refractivity contribution in [2.75, 3.05) is 0 Å². The summed E-state index contributed by atoms with van der Waals surface area (Å²) in [6.07, 6.45) is 8.54. The summed E-state index contributed by atoms with van der Waals surface area (Å²) in [4.78, 5) is 12.3. The van der Waals surface area contributed by atoms with Crippen molar-refractivity contribution in [2.24, 2.45) is 5.41 Å². The number of rotatable bonds is 9. The lowest BCUT2D eigenvalue weighted by Gasteiger charge is -2.28. The van der Waals surface area contributed by atoms with Gasteiger partial charge in [-0.15, -0.1) is 0 Å². The van der Waals surface area contributed by atoms with Gasteiger partial charge in [-0.05, 0) is 38.3 Å². The van der Waals surface area contributed by atoms with Gasteiger partial charge in [0.05, 0.1) is 11.5 Å². The number of unbranched alkanes of at least 4 members (excludes halogenated alkanes) is 4. The molecule has 116 valence electrons. The lowest BCUT2D eigenvalue weighted by molar-refractivity contribution is -0.128. The summed E-state index contributed by atoms with van der Waals surface area (Å²) in [6.45, 7) is 5.79. The minimum Gasteiger partial charge on any atom is -0.387 e. The van der Waals surface area contributed by atoms with E-state index in [0.717, 1.165) is 18.4 Å². The molecule has 0 spiro atoms. The Hall–Kier alpha value is -1.41. The molecule has 0 aromatic heterocycles. The third-order valence-electron chi connectivity index (χ3n) is 3.93. The van der Waals surface area contributed by atoms with Gasteiger partial charge in [-0.1, -0.05) is 62.6 Å². The maximum Gasteiger partial charge on any atom is 0.163 e. The summed E-state index contributed by atoms with van der Waals surface area (Å²) in [5.74, 6) is -0.0191. The van der Waals surface area contributed by atoms with Crippen LogP contribution in [0.1, 0.15) is 64.5 Å². The fraction of sp³-hybridized carbons (Fsp3) is 0.526. The van der Waals surface area contributed by atoms with E-state index in [9.17, 15) is 9.90 Å². The minimum absolute atomic E-state index is 0.0191. The highest BCUT2D eigenvalue weighted by Crippen LogP contribution is 2.34. The molecule has 2 nitrogen and oxygen atoms in total. The third kappa shape index (κ3) is 5.47. The van der Waals surface area contributed by atoms with Crippen molar-refractivity contribution < 1.29 is 9.90 Å². The SMILES string of the molecule is CCCCCCC=CC(=O)C(C)(C)C(O)c1ccccc1. The van der Waals surface area contributed by atoms with Crippen molar-refractivity contribution in [3.63, 3.8) is 0 Å². The summed E-state index contributed by atoms with van der Waals surface area (Å²) in [6, 6.07) is 9.37. The molecule has 1 aromatic rings. The predicted molar refractivity (Wildman–Crippen MR) is 88.1 cm³/mol. The zero-order valence-electron chi connectivity index (χ0n) is 13.5. The number of allylic oxidation sites excluding steroid dienone is 2. The van der Waals surface area contributed by atoms with Gasteiger partial charge in [0, 0.05) is 0 Å². The van der Waals surface area contributed by atoms with Gasteiger partial charge in [0.15, 0.2) is 5.78 Å². The van der Waals surface area contributed by atoms with E-state index in [2.05, 4.69) is 6.92 Å². The monoisotopic (exact) mass is 288 g/mol. The molecule has 0 amide bonds.